The van der Waals surface area contributed by atoms with Crippen molar-refractivity contribution in [1.29, 1.82) is 0 Å². The Balaban J connectivity index is 1.37. The van der Waals surface area contributed by atoms with E-state index in [1.807, 2.05) is 31.5 Å². The molecule has 0 unspecified atom stereocenters. The number of nitrogens with two attached hydrogens (primary N) is 1. The van der Waals surface area contributed by atoms with Crippen LogP contribution in [0.25, 0.3) is 0 Å². The Hall–Kier alpha value is -2.63. The average Bonchev–Trinajstić information content (AvgIpc) is 2.71. The highest BCUT2D eigenvalue weighted by molar-refractivity contribution is 5.94. The molecular weight excluding hydrogens is 352 g/mol. The van der Waals surface area contributed by atoms with E-state index in [2.05, 4.69) is 21.8 Å². The van der Waals surface area contributed by atoms with E-state index in [0.29, 0.717) is 12.2 Å². The molecule has 0 bridgehead atoms. The summed E-state index contributed by atoms with van der Waals surface area (Å²) in [5.74, 6) is 1.98. The number of ether oxygens (including phenoxy) is 1. The molecule has 6 heteroatoms. The molecule has 3 rings (SSSR count). The number of primary amides is 1. The molecule has 0 radical (unpaired) electrons. The van der Waals surface area contributed by atoms with Gasteiger partial charge in [0.05, 0.1) is 6.61 Å². The number of hydrogen-bond donors (Lipinski definition) is 1. The third kappa shape index (κ3) is 5.21. The fourth-order valence-electron chi connectivity index (χ4n) is 3.68. The van der Waals surface area contributed by atoms with Gasteiger partial charge in [-0.05, 0) is 74.3 Å². The van der Waals surface area contributed by atoms with E-state index in [4.69, 9.17) is 10.5 Å². The van der Waals surface area contributed by atoms with Gasteiger partial charge < -0.3 is 15.4 Å². The molecule has 1 fully saturated rings. The van der Waals surface area contributed by atoms with Gasteiger partial charge in [0.15, 0.2) is 0 Å². The Kier molecular flexibility index (Phi) is 6.85. The lowest BCUT2D eigenvalue weighted by Gasteiger charge is -2.32. The number of rotatable bonds is 8. The molecule has 1 amide bonds. The molecule has 0 saturated carbocycles. The van der Waals surface area contributed by atoms with Crippen LogP contribution >= 0.6 is 0 Å². The number of nitrogens with zero attached hydrogens (tertiary/aromatic N) is 3. The van der Waals surface area contributed by atoms with Crippen molar-refractivity contribution in [3.05, 3.63) is 47.3 Å². The number of anilines is 1. The maximum atomic E-state index is 11.3. The van der Waals surface area contributed by atoms with Gasteiger partial charge in [0.2, 0.25) is 11.9 Å². The van der Waals surface area contributed by atoms with Crippen molar-refractivity contribution < 1.29 is 9.53 Å². The van der Waals surface area contributed by atoms with Crippen LogP contribution in [0.15, 0.2) is 30.6 Å². The lowest BCUT2D eigenvalue weighted by atomic mass is 9.92. The van der Waals surface area contributed by atoms with Crippen LogP contribution in [-0.4, -0.2) is 35.6 Å². The molecule has 1 aromatic carbocycles. The van der Waals surface area contributed by atoms with E-state index < -0.39 is 5.91 Å². The van der Waals surface area contributed by atoms with Crippen molar-refractivity contribution >= 4 is 11.9 Å². The quantitative estimate of drug-likeness (QED) is 0.707. The Morgan fingerprint density at radius 1 is 1.25 bits per heavy atom. The van der Waals surface area contributed by atoms with Crippen LogP contribution in [0.4, 0.5) is 5.95 Å². The molecule has 0 spiro atoms. The number of carbonyl (C=O) groups is 1. The first kappa shape index (κ1) is 20.1. The van der Waals surface area contributed by atoms with Crippen LogP contribution in [0.2, 0.25) is 0 Å². The molecule has 1 aromatic heterocycles. The highest BCUT2D eigenvalue weighted by Crippen LogP contribution is 2.24. The predicted molar refractivity (Wildman–Crippen MR) is 111 cm³/mol. The van der Waals surface area contributed by atoms with Crippen molar-refractivity contribution in [2.45, 2.75) is 46.0 Å². The summed E-state index contributed by atoms with van der Waals surface area (Å²) in [6, 6.07) is 5.43. The second-order valence-corrected chi connectivity index (χ2v) is 7.51. The predicted octanol–water partition coefficient (Wildman–Crippen LogP) is 3.52. The summed E-state index contributed by atoms with van der Waals surface area (Å²) >= 11 is 0. The first-order valence-corrected chi connectivity index (χ1v) is 10.2. The summed E-state index contributed by atoms with van der Waals surface area (Å²) in [6.07, 6.45) is 9.38. The van der Waals surface area contributed by atoms with Crippen molar-refractivity contribution in [2.75, 3.05) is 24.6 Å². The second kappa shape index (κ2) is 9.53. The zero-order valence-electron chi connectivity index (χ0n) is 16.9. The van der Waals surface area contributed by atoms with Gasteiger partial charge in [-0.2, -0.15) is 0 Å². The molecule has 150 valence electrons. The lowest BCUT2D eigenvalue weighted by molar-refractivity contribution is 0.0999. The topological polar surface area (TPSA) is 81.3 Å². The van der Waals surface area contributed by atoms with Crippen LogP contribution in [-0.2, 0) is 6.42 Å². The fourth-order valence-corrected chi connectivity index (χ4v) is 3.68. The fraction of sp³-hybridized carbons (Fsp3) is 0.500. The summed E-state index contributed by atoms with van der Waals surface area (Å²) in [6.45, 7) is 6.72. The van der Waals surface area contributed by atoms with Crippen molar-refractivity contribution in [1.82, 2.24) is 9.97 Å². The van der Waals surface area contributed by atoms with Crippen molar-refractivity contribution in [3.8, 4) is 5.75 Å². The molecule has 1 aliphatic rings. The molecule has 2 N–H and O–H groups in total. The van der Waals surface area contributed by atoms with Gasteiger partial charge in [-0.25, -0.2) is 9.97 Å². The van der Waals surface area contributed by atoms with Gasteiger partial charge in [0, 0.05) is 31.0 Å². The molecule has 6 nitrogen and oxygen atoms in total. The minimum Gasteiger partial charge on any atom is -0.494 e. The molecule has 28 heavy (non-hydrogen) atoms. The highest BCUT2D eigenvalue weighted by atomic mass is 16.5. The summed E-state index contributed by atoms with van der Waals surface area (Å²) < 4.78 is 5.84. The van der Waals surface area contributed by atoms with Gasteiger partial charge in [-0.1, -0.05) is 6.92 Å². The normalized spacial score (nSPS) is 14.9. The molecule has 2 heterocycles. The van der Waals surface area contributed by atoms with E-state index in [1.165, 1.54) is 24.8 Å². The number of carbonyl (C=O) groups excluding carboxylic acids is 1. The van der Waals surface area contributed by atoms with Crippen molar-refractivity contribution in [2.24, 2.45) is 11.7 Å². The minimum absolute atomic E-state index is 0.401. The molecule has 1 aliphatic heterocycles. The maximum absolute atomic E-state index is 11.3. The third-order valence-electron chi connectivity index (χ3n) is 5.49. The van der Waals surface area contributed by atoms with Crippen LogP contribution in [0.1, 0.15) is 54.1 Å². The van der Waals surface area contributed by atoms with E-state index >= 15 is 0 Å². The van der Waals surface area contributed by atoms with Crippen molar-refractivity contribution in [3.63, 3.8) is 0 Å². The standard InChI is InChI=1S/C22H30N4O2/c1-3-17-14-24-22(25-15-17)26-10-8-18(9-11-26)5-4-12-28-19-6-7-20(21(23)27)16(2)13-19/h6-7,13-15,18H,3-5,8-12H2,1-2H3,(H2,23,27). The zero-order chi connectivity index (χ0) is 19.9. The van der Waals surface area contributed by atoms with Gasteiger partial charge in [0.25, 0.3) is 0 Å². The molecule has 2 aromatic rings. The number of piperidine rings is 1. The zero-order valence-corrected chi connectivity index (χ0v) is 16.9. The number of amides is 1. The first-order valence-electron chi connectivity index (χ1n) is 10.2. The van der Waals surface area contributed by atoms with Gasteiger partial charge in [-0.3, -0.25) is 4.79 Å². The highest BCUT2D eigenvalue weighted by Gasteiger charge is 2.20. The van der Waals surface area contributed by atoms with Gasteiger partial charge in [0.1, 0.15) is 5.75 Å². The second-order valence-electron chi connectivity index (χ2n) is 7.51. The van der Waals surface area contributed by atoms with Crippen LogP contribution in [0, 0.1) is 12.8 Å². The summed E-state index contributed by atoms with van der Waals surface area (Å²) in [5.41, 5.74) is 7.92. The monoisotopic (exact) mass is 382 g/mol. The molecular formula is C22H30N4O2. The summed E-state index contributed by atoms with van der Waals surface area (Å²) in [4.78, 5) is 22.6. The number of hydrogen-bond acceptors (Lipinski definition) is 5. The molecule has 1 saturated heterocycles. The van der Waals surface area contributed by atoms with Crippen LogP contribution in [0.5, 0.6) is 5.75 Å². The van der Waals surface area contributed by atoms with Crippen LogP contribution < -0.4 is 15.4 Å². The SMILES string of the molecule is CCc1cnc(N2CCC(CCCOc3ccc(C(N)=O)c(C)c3)CC2)nc1. The number of benzene rings is 1. The van der Waals surface area contributed by atoms with E-state index in [1.54, 1.807) is 6.07 Å². The van der Waals surface area contributed by atoms with E-state index in [0.717, 1.165) is 49.1 Å². The first-order chi connectivity index (χ1) is 13.6. The number of aryl methyl sites for hydroxylation is 2. The van der Waals surface area contributed by atoms with Gasteiger partial charge >= 0.3 is 0 Å². The summed E-state index contributed by atoms with van der Waals surface area (Å²) in [7, 11) is 0. The molecule has 0 atom stereocenters. The van der Waals surface area contributed by atoms with Crippen LogP contribution in [0.3, 0.4) is 0 Å². The molecule has 0 aliphatic carbocycles. The average molecular weight is 383 g/mol. The maximum Gasteiger partial charge on any atom is 0.248 e. The third-order valence-corrected chi connectivity index (χ3v) is 5.49. The summed E-state index contributed by atoms with van der Waals surface area (Å²) in [5, 5.41) is 0. The number of aromatic nitrogens is 2. The lowest BCUT2D eigenvalue weighted by Crippen LogP contribution is -2.35. The van der Waals surface area contributed by atoms with E-state index in [9.17, 15) is 4.79 Å². The Bertz CT molecular complexity index is 784. The Morgan fingerprint density at radius 3 is 2.57 bits per heavy atom. The smallest absolute Gasteiger partial charge is 0.248 e. The minimum atomic E-state index is -0.401. The Labute approximate surface area is 167 Å². The Morgan fingerprint density at radius 2 is 1.96 bits per heavy atom. The largest absolute Gasteiger partial charge is 0.494 e. The van der Waals surface area contributed by atoms with E-state index in [-0.39, 0.29) is 0 Å². The van der Waals surface area contributed by atoms with Gasteiger partial charge in [-0.15, -0.1) is 0 Å².